The van der Waals surface area contributed by atoms with E-state index in [4.69, 9.17) is 16.1 Å². The van der Waals surface area contributed by atoms with Crippen LogP contribution in [0, 0.1) is 12.8 Å². The number of carbonyl (C=O) groups excluding carboxylic acids is 2. The summed E-state index contributed by atoms with van der Waals surface area (Å²) < 4.78 is 5.16. The minimum atomic E-state index is -0.176. The van der Waals surface area contributed by atoms with Gasteiger partial charge in [-0.3, -0.25) is 9.59 Å². The largest absolute Gasteiger partial charge is 0.361 e. The molecule has 0 radical (unpaired) electrons. The van der Waals surface area contributed by atoms with Crippen molar-refractivity contribution >= 4 is 23.4 Å². The standard InChI is InChI=1S/C20H24ClN3O3/c1-3-17-18(13(2)27-23-17)20(26)24-11-9-15(12-24)19(25)22-10-8-14-4-6-16(21)7-5-14/h4-7,15H,3,8-12H2,1-2H3,(H,22,25)/t15-/m0/s1. The van der Waals surface area contributed by atoms with E-state index in [0.717, 1.165) is 12.0 Å². The van der Waals surface area contributed by atoms with Crippen molar-refractivity contribution in [3.8, 4) is 0 Å². The van der Waals surface area contributed by atoms with Crippen LogP contribution in [0.15, 0.2) is 28.8 Å². The second kappa shape index (κ2) is 8.57. The summed E-state index contributed by atoms with van der Waals surface area (Å²) in [6.07, 6.45) is 2.06. The number of hydrogen-bond acceptors (Lipinski definition) is 4. The van der Waals surface area contributed by atoms with Crippen LogP contribution >= 0.6 is 11.6 Å². The Morgan fingerprint density at radius 2 is 2.07 bits per heavy atom. The maximum Gasteiger partial charge on any atom is 0.259 e. The molecule has 0 saturated carbocycles. The van der Waals surface area contributed by atoms with E-state index in [9.17, 15) is 9.59 Å². The van der Waals surface area contributed by atoms with Gasteiger partial charge < -0.3 is 14.7 Å². The van der Waals surface area contributed by atoms with Gasteiger partial charge in [0.2, 0.25) is 5.91 Å². The number of halogens is 1. The van der Waals surface area contributed by atoms with Crippen LogP contribution in [-0.4, -0.2) is 41.5 Å². The monoisotopic (exact) mass is 389 g/mol. The summed E-state index contributed by atoms with van der Waals surface area (Å²) >= 11 is 5.88. The van der Waals surface area contributed by atoms with Crippen molar-refractivity contribution in [2.75, 3.05) is 19.6 Å². The molecule has 0 spiro atoms. The number of likely N-dealkylation sites (tertiary alicyclic amines) is 1. The summed E-state index contributed by atoms with van der Waals surface area (Å²) in [4.78, 5) is 26.9. The topological polar surface area (TPSA) is 75.4 Å². The maximum atomic E-state index is 12.8. The van der Waals surface area contributed by atoms with Gasteiger partial charge in [0.15, 0.2) is 0 Å². The van der Waals surface area contributed by atoms with Gasteiger partial charge in [0.25, 0.3) is 5.91 Å². The molecule has 1 atom stereocenters. The van der Waals surface area contributed by atoms with Crippen LogP contribution in [0.4, 0.5) is 0 Å². The third kappa shape index (κ3) is 4.50. The zero-order valence-electron chi connectivity index (χ0n) is 15.6. The van der Waals surface area contributed by atoms with Crippen LogP contribution in [0.3, 0.4) is 0 Å². The molecule has 3 rings (SSSR count). The predicted octanol–water partition coefficient (Wildman–Crippen LogP) is 3.02. The van der Waals surface area contributed by atoms with E-state index >= 15 is 0 Å². The van der Waals surface area contributed by atoms with Gasteiger partial charge in [0.1, 0.15) is 11.3 Å². The number of nitrogens with one attached hydrogen (secondary N) is 1. The second-order valence-corrected chi connectivity index (χ2v) is 7.25. The average molecular weight is 390 g/mol. The number of hydrogen-bond donors (Lipinski definition) is 1. The minimum absolute atomic E-state index is 0.00276. The van der Waals surface area contributed by atoms with Crippen molar-refractivity contribution in [1.29, 1.82) is 0 Å². The highest BCUT2D eigenvalue weighted by Gasteiger charge is 2.33. The average Bonchev–Trinajstić information content (AvgIpc) is 3.29. The van der Waals surface area contributed by atoms with Crippen molar-refractivity contribution in [3.05, 3.63) is 51.9 Å². The van der Waals surface area contributed by atoms with Crippen molar-refractivity contribution in [2.24, 2.45) is 5.92 Å². The molecule has 1 fully saturated rings. The molecule has 1 aliphatic rings. The SMILES string of the molecule is CCc1noc(C)c1C(=O)N1CC[C@H](C(=O)NCCc2ccc(Cl)cc2)C1. The number of nitrogens with zero attached hydrogens (tertiary/aromatic N) is 2. The molecule has 27 heavy (non-hydrogen) atoms. The minimum Gasteiger partial charge on any atom is -0.361 e. The highest BCUT2D eigenvalue weighted by atomic mass is 35.5. The zero-order chi connectivity index (χ0) is 19.4. The van der Waals surface area contributed by atoms with E-state index in [-0.39, 0.29) is 17.7 Å². The number of carbonyl (C=O) groups is 2. The molecule has 6 nitrogen and oxygen atoms in total. The molecule has 1 aromatic carbocycles. The van der Waals surface area contributed by atoms with E-state index < -0.39 is 0 Å². The molecule has 0 bridgehead atoms. The molecule has 0 aliphatic carbocycles. The molecule has 2 heterocycles. The Balaban J connectivity index is 1.51. The van der Waals surface area contributed by atoms with Crippen molar-refractivity contribution in [2.45, 2.75) is 33.1 Å². The number of benzene rings is 1. The molecule has 2 aromatic rings. The van der Waals surface area contributed by atoms with Gasteiger partial charge in [-0.2, -0.15) is 0 Å². The summed E-state index contributed by atoms with van der Waals surface area (Å²) in [5.74, 6) is 0.260. The lowest BCUT2D eigenvalue weighted by Crippen LogP contribution is -2.35. The Kier molecular flexibility index (Phi) is 6.16. The van der Waals surface area contributed by atoms with Gasteiger partial charge in [-0.15, -0.1) is 0 Å². The quantitative estimate of drug-likeness (QED) is 0.823. The van der Waals surface area contributed by atoms with Crippen LogP contribution in [0.1, 0.15) is 40.7 Å². The number of aryl methyl sites for hydroxylation is 2. The summed E-state index contributed by atoms with van der Waals surface area (Å²) in [6, 6.07) is 7.60. The Morgan fingerprint density at radius 1 is 1.33 bits per heavy atom. The van der Waals surface area contributed by atoms with E-state index in [1.807, 2.05) is 31.2 Å². The molecule has 2 amide bonds. The van der Waals surface area contributed by atoms with Gasteiger partial charge in [0, 0.05) is 24.7 Å². The van der Waals surface area contributed by atoms with E-state index in [1.54, 1.807) is 11.8 Å². The van der Waals surface area contributed by atoms with E-state index in [2.05, 4.69) is 10.5 Å². The first-order valence-corrected chi connectivity index (χ1v) is 9.64. The van der Waals surface area contributed by atoms with Crippen molar-refractivity contribution in [1.82, 2.24) is 15.4 Å². The van der Waals surface area contributed by atoms with Crippen LogP contribution < -0.4 is 5.32 Å². The molecule has 1 aliphatic heterocycles. The number of amides is 2. The van der Waals surface area contributed by atoms with Crippen molar-refractivity contribution in [3.63, 3.8) is 0 Å². The van der Waals surface area contributed by atoms with Crippen molar-refractivity contribution < 1.29 is 14.1 Å². The molecule has 1 aromatic heterocycles. The first-order valence-electron chi connectivity index (χ1n) is 9.26. The van der Waals surface area contributed by atoms with Crippen LogP contribution in [-0.2, 0) is 17.6 Å². The second-order valence-electron chi connectivity index (χ2n) is 6.82. The first-order chi connectivity index (χ1) is 13.0. The summed E-state index contributed by atoms with van der Waals surface area (Å²) in [7, 11) is 0. The number of aromatic nitrogens is 1. The lowest BCUT2D eigenvalue weighted by atomic mass is 10.1. The first kappa shape index (κ1) is 19.4. The zero-order valence-corrected chi connectivity index (χ0v) is 16.4. The van der Waals surface area contributed by atoms with E-state index in [1.165, 1.54) is 0 Å². The summed E-state index contributed by atoms with van der Waals surface area (Å²) in [6.45, 7) is 5.25. The molecule has 144 valence electrons. The molecular formula is C20H24ClN3O3. The Labute approximate surface area is 163 Å². The normalized spacial score (nSPS) is 16.6. The van der Waals surface area contributed by atoms with Gasteiger partial charge in [-0.1, -0.05) is 35.8 Å². The highest BCUT2D eigenvalue weighted by Crippen LogP contribution is 2.22. The molecule has 0 unspecified atom stereocenters. The van der Waals surface area contributed by atoms with Crippen LogP contribution in [0.2, 0.25) is 5.02 Å². The molecular weight excluding hydrogens is 366 g/mol. The lowest BCUT2D eigenvalue weighted by Gasteiger charge is -2.16. The van der Waals surface area contributed by atoms with E-state index in [0.29, 0.717) is 54.5 Å². The Hall–Kier alpha value is -2.34. The molecule has 1 N–H and O–H groups in total. The lowest BCUT2D eigenvalue weighted by molar-refractivity contribution is -0.124. The molecule has 1 saturated heterocycles. The highest BCUT2D eigenvalue weighted by molar-refractivity contribution is 6.30. The smallest absolute Gasteiger partial charge is 0.259 e. The van der Waals surface area contributed by atoms with Crippen LogP contribution in [0.5, 0.6) is 0 Å². The maximum absolute atomic E-state index is 12.8. The fourth-order valence-electron chi connectivity index (χ4n) is 3.38. The third-order valence-corrected chi connectivity index (χ3v) is 5.21. The predicted molar refractivity (Wildman–Crippen MR) is 103 cm³/mol. The van der Waals surface area contributed by atoms with Gasteiger partial charge >= 0.3 is 0 Å². The van der Waals surface area contributed by atoms with Crippen LogP contribution in [0.25, 0.3) is 0 Å². The summed E-state index contributed by atoms with van der Waals surface area (Å²) in [5, 5.41) is 7.62. The molecule has 7 heteroatoms. The number of rotatable bonds is 6. The fourth-order valence-corrected chi connectivity index (χ4v) is 3.50. The van der Waals surface area contributed by atoms with Gasteiger partial charge in [0.05, 0.1) is 11.6 Å². The van der Waals surface area contributed by atoms with Gasteiger partial charge in [-0.05, 0) is 43.9 Å². The van der Waals surface area contributed by atoms with Gasteiger partial charge in [-0.25, -0.2) is 0 Å². The fraction of sp³-hybridized carbons (Fsp3) is 0.450. The summed E-state index contributed by atoms with van der Waals surface area (Å²) in [5.41, 5.74) is 2.34. The Morgan fingerprint density at radius 3 is 2.78 bits per heavy atom. The Bertz CT molecular complexity index is 816. The third-order valence-electron chi connectivity index (χ3n) is 4.95.